The molecule has 1 heterocycles. The molecule has 0 aliphatic carbocycles. The molecule has 1 amide bonds. The second-order valence-electron chi connectivity index (χ2n) is 5.95. The van der Waals surface area contributed by atoms with Gasteiger partial charge >= 0.3 is 0 Å². The summed E-state index contributed by atoms with van der Waals surface area (Å²) in [4.78, 5) is 16.7. The Hall–Kier alpha value is -2.43. The summed E-state index contributed by atoms with van der Waals surface area (Å²) in [6, 6.07) is 7.61. The van der Waals surface area contributed by atoms with Crippen LogP contribution in [0.3, 0.4) is 0 Å². The largest absolute Gasteiger partial charge is 0.383 e. The van der Waals surface area contributed by atoms with Crippen LogP contribution in [0.5, 0.6) is 0 Å². The maximum atomic E-state index is 14.3. The summed E-state index contributed by atoms with van der Waals surface area (Å²) in [6.07, 6.45) is 0.996. The molecule has 3 rings (SSSR count). The van der Waals surface area contributed by atoms with Crippen LogP contribution in [0.15, 0.2) is 46.3 Å². The number of sulfone groups is 1. The summed E-state index contributed by atoms with van der Waals surface area (Å²) >= 11 is 0.929. The minimum absolute atomic E-state index is 0.0904. The number of nitrogens with zero attached hydrogens (tertiary/aromatic N) is 2. The van der Waals surface area contributed by atoms with Crippen LogP contribution >= 0.6 is 11.3 Å². The zero-order chi connectivity index (χ0) is 20.5. The molecule has 0 saturated carbocycles. The van der Waals surface area contributed by atoms with Gasteiger partial charge in [0, 0.05) is 26.0 Å². The molecule has 0 unspecified atom stereocenters. The molecular weight excluding hydrogens is 410 g/mol. The van der Waals surface area contributed by atoms with Crippen molar-refractivity contribution in [2.45, 2.75) is 11.4 Å². The normalized spacial score (nSPS) is 12.6. The standard InChI is InChI=1S/C18H16F2N2O4S2/c1-26-8-7-22-16-13(20)9-11(19)10-14(16)27-18(22)21-17(23)12-5-3-4-6-15(12)28(2,24)25/h3-6,9-10H,7-8H2,1-2H3. The van der Waals surface area contributed by atoms with Crippen LogP contribution in [0.1, 0.15) is 10.4 Å². The molecule has 0 bridgehead atoms. The van der Waals surface area contributed by atoms with Crippen molar-refractivity contribution >= 4 is 37.3 Å². The van der Waals surface area contributed by atoms with Gasteiger partial charge in [0.25, 0.3) is 5.91 Å². The lowest BCUT2D eigenvalue weighted by atomic mass is 10.2. The molecule has 28 heavy (non-hydrogen) atoms. The molecule has 0 aliphatic heterocycles. The van der Waals surface area contributed by atoms with Crippen LogP contribution < -0.4 is 4.80 Å². The fourth-order valence-electron chi connectivity index (χ4n) is 2.72. The molecule has 0 aliphatic rings. The fourth-order valence-corrected chi connectivity index (χ4v) is 4.69. The summed E-state index contributed by atoms with van der Waals surface area (Å²) in [5.41, 5.74) is 0.0128. The number of halogens is 2. The molecule has 0 radical (unpaired) electrons. The third kappa shape index (κ3) is 4.03. The zero-order valence-corrected chi connectivity index (χ0v) is 16.6. The third-order valence-electron chi connectivity index (χ3n) is 3.93. The molecule has 148 valence electrons. The van der Waals surface area contributed by atoms with Crippen LogP contribution in [-0.4, -0.2) is 38.9 Å². The van der Waals surface area contributed by atoms with E-state index in [2.05, 4.69) is 4.99 Å². The minimum atomic E-state index is -3.65. The van der Waals surface area contributed by atoms with E-state index in [-0.39, 0.29) is 38.6 Å². The van der Waals surface area contributed by atoms with E-state index in [0.717, 1.165) is 29.7 Å². The summed E-state index contributed by atoms with van der Waals surface area (Å²) in [5.74, 6) is -2.32. The van der Waals surface area contributed by atoms with Gasteiger partial charge in [-0.15, -0.1) is 0 Å². The van der Waals surface area contributed by atoms with E-state index < -0.39 is 27.4 Å². The van der Waals surface area contributed by atoms with Crippen LogP contribution in [0.2, 0.25) is 0 Å². The summed E-state index contributed by atoms with van der Waals surface area (Å²) < 4.78 is 58.5. The van der Waals surface area contributed by atoms with Crippen LogP contribution in [-0.2, 0) is 21.1 Å². The predicted molar refractivity (Wildman–Crippen MR) is 101 cm³/mol. The van der Waals surface area contributed by atoms with E-state index in [1.54, 1.807) is 0 Å². The van der Waals surface area contributed by atoms with Gasteiger partial charge in [0.1, 0.15) is 5.82 Å². The monoisotopic (exact) mass is 426 g/mol. The summed E-state index contributed by atoms with van der Waals surface area (Å²) in [7, 11) is -2.18. The van der Waals surface area contributed by atoms with Crippen molar-refractivity contribution in [3.05, 3.63) is 58.4 Å². The van der Waals surface area contributed by atoms with Crippen molar-refractivity contribution in [2.75, 3.05) is 20.0 Å². The number of ether oxygens (including phenoxy) is 1. The van der Waals surface area contributed by atoms with Gasteiger partial charge in [-0.05, 0) is 18.2 Å². The topological polar surface area (TPSA) is 77.7 Å². The number of aromatic nitrogens is 1. The Balaban J connectivity index is 2.22. The maximum Gasteiger partial charge on any atom is 0.280 e. The highest BCUT2D eigenvalue weighted by Gasteiger charge is 2.19. The lowest BCUT2D eigenvalue weighted by Crippen LogP contribution is -2.20. The maximum absolute atomic E-state index is 14.3. The molecule has 1 aromatic heterocycles. The number of thiazole rings is 1. The Bertz CT molecular complexity index is 1230. The van der Waals surface area contributed by atoms with E-state index in [0.29, 0.717) is 0 Å². The molecule has 10 heteroatoms. The van der Waals surface area contributed by atoms with Crippen molar-refractivity contribution in [1.29, 1.82) is 0 Å². The Morgan fingerprint density at radius 1 is 1.25 bits per heavy atom. The highest BCUT2D eigenvalue weighted by molar-refractivity contribution is 7.90. The zero-order valence-electron chi connectivity index (χ0n) is 15.0. The first-order chi connectivity index (χ1) is 13.2. The predicted octanol–water partition coefficient (Wildman–Crippen LogP) is 2.77. The molecule has 0 saturated heterocycles. The quantitative estimate of drug-likeness (QED) is 0.629. The summed E-state index contributed by atoms with van der Waals surface area (Å²) in [6.45, 7) is 0.392. The number of rotatable bonds is 5. The number of benzene rings is 2. The highest BCUT2D eigenvalue weighted by Crippen LogP contribution is 2.23. The van der Waals surface area contributed by atoms with Gasteiger partial charge in [0.05, 0.1) is 27.3 Å². The molecule has 3 aromatic rings. The van der Waals surface area contributed by atoms with Crippen molar-refractivity contribution < 1.29 is 26.7 Å². The van der Waals surface area contributed by atoms with Crippen molar-refractivity contribution in [3.63, 3.8) is 0 Å². The van der Waals surface area contributed by atoms with Crippen molar-refractivity contribution in [2.24, 2.45) is 4.99 Å². The molecule has 0 N–H and O–H groups in total. The number of hydrogen-bond donors (Lipinski definition) is 0. The molecule has 0 fully saturated rings. The van der Waals surface area contributed by atoms with E-state index in [1.807, 2.05) is 0 Å². The van der Waals surface area contributed by atoms with E-state index in [9.17, 15) is 22.0 Å². The van der Waals surface area contributed by atoms with Gasteiger partial charge < -0.3 is 9.30 Å². The van der Waals surface area contributed by atoms with Crippen LogP contribution in [0.4, 0.5) is 8.78 Å². The van der Waals surface area contributed by atoms with E-state index in [1.165, 1.54) is 35.9 Å². The van der Waals surface area contributed by atoms with Gasteiger partial charge in [0.2, 0.25) is 0 Å². The first-order valence-electron chi connectivity index (χ1n) is 8.08. The number of hydrogen-bond acceptors (Lipinski definition) is 5. The Labute approximate surface area is 163 Å². The lowest BCUT2D eigenvalue weighted by molar-refractivity contribution is 0.0994. The Morgan fingerprint density at radius 3 is 2.64 bits per heavy atom. The number of fused-ring (bicyclic) bond motifs is 1. The van der Waals surface area contributed by atoms with Gasteiger partial charge in [-0.25, -0.2) is 17.2 Å². The van der Waals surface area contributed by atoms with Crippen LogP contribution in [0.25, 0.3) is 10.2 Å². The summed E-state index contributed by atoms with van der Waals surface area (Å²) in [5, 5.41) is 0. The number of carbonyl (C=O) groups is 1. The smallest absolute Gasteiger partial charge is 0.280 e. The Kier molecular flexibility index (Phi) is 5.73. The second kappa shape index (κ2) is 7.90. The Morgan fingerprint density at radius 2 is 1.96 bits per heavy atom. The van der Waals surface area contributed by atoms with Crippen molar-refractivity contribution in [1.82, 2.24) is 4.57 Å². The van der Waals surface area contributed by atoms with E-state index >= 15 is 0 Å². The van der Waals surface area contributed by atoms with Crippen molar-refractivity contribution in [3.8, 4) is 0 Å². The minimum Gasteiger partial charge on any atom is -0.383 e. The number of carbonyl (C=O) groups excluding carboxylic acids is 1. The van der Waals surface area contributed by atoms with Gasteiger partial charge in [-0.2, -0.15) is 4.99 Å². The number of methoxy groups -OCH3 is 1. The average molecular weight is 426 g/mol. The first kappa shape index (κ1) is 20.3. The number of amides is 1. The molecule has 6 nitrogen and oxygen atoms in total. The average Bonchev–Trinajstić information content (AvgIpc) is 2.96. The van der Waals surface area contributed by atoms with Gasteiger partial charge in [-0.1, -0.05) is 23.5 Å². The molecule has 0 atom stereocenters. The highest BCUT2D eigenvalue weighted by atomic mass is 32.2. The molecular formula is C18H16F2N2O4S2. The van der Waals surface area contributed by atoms with E-state index in [4.69, 9.17) is 4.74 Å². The van der Waals surface area contributed by atoms with Gasteiger partial charge in [0.15, 0.2) is 20.5 Å². The fraction of sp³-hybridized carbons (Fsp3) is 0.222. The first-order valence-corrected chi connectivity index (χ1v) is 10.8. The van der Waals surface area contributed by atoms with Crippen LogP contribution in [0, 0.1) is 11.6 Å². The van der Waals surface area contributed by atoms with Gasteiger partial charge in [-0.3, -0.25) is 4.79 Å². The second-order valence-corrected chi connectivity index (χ2v) is 8.94. The third-order valence-corrected chi connectivity index (χ3v) is 6.11. The lowest BCUT2D eigenvalue weighted by Gasteiger charge is -2.06. The SMILES string of the molecule is COCCn1c(=NC(=O)c2ccccc2S(C)(=O)=O)sc2cc(F)cc(F)c21. The molecule has 2 aromatic carbocycles. The molecule has 0 spiro atoms.